The number of hydrogen-bond donors (Lipinski definition) is 7. The molecule has 7 rings (SSSR count). The van der Waals surface area contributed by atoms with Gasteiger partial charge in [-0.15, -0.1) is 0 Å². The van der Waals surface area contributed by atoms with Gasteiger partial charge >= 0.3 is 0 Å². The van der Waals surface area contributed by atoms with Crippen LogP contribution in [0.5, 0.6) is 46.0 Å². The number of para-hydroxylation sites is 4. The van der Waals surface area contributed by atoms with Crippen LogP contribution in [-0.2, 0) is 6.61 Å². The van der Waals surface area contributed by atoms with Gasteiger partial charge in [0.05, 0.1) is 20.8 Å². The quantitative estimate of drug-likeness (QED) is 0.0795. The number of Topliss-reactive ketones (excluding diaryl/α,β-unsaturated/α-hetero) is 1. The Balaban J connectivity index is 0.000000387. The van der Waals surface area contributed by atoms with E-state index in [1.807, 2.05) is 50.2 Å². The molecule has 0 bridgehead atoms. The van der Waals surface area contributed by atoms with Crippen molar-refractivity contribution in [1.29, 1.82) is 0 Å². The summed E-state index contributed by atoms with van der Waals surface area (Å²) >= 11 is 0. The lowest BCUT2D eigenvalue weighted by molar-refractivity contribution is 0.101. The van der Waals surface area contributed by atoms with Gasteiger partial charge in [0.2, 0.25) is 0 Å². The molecule has 0 atom stereocenters. The number of phenols is 6. The van der Waals surface area contributed by atoms with Crippen molar-refractivity contribution in [3.63, 3.8) is 0 Å². The van der Waals surface area contributed by atoms with Crippen LogP contribution in [-0.4, -0.2) is 55.7 Å². The van der Waals surface area contributed by atoms with Gasteiger partial charge in [-0.2, -0.15) is 0 Å². The Labute approximate surface area is 391 Å². The van der Waals surface area contributed by atoms with Gasteiger partial charge in [0.1, 0.15) is 23.0 Å². The number of phenolic OH excluding ortho intramolecular Hbond substituents is 5. The van der Waals surface area contributed by atoms with Gasteiger partial charge in [-0.25, -0.2) is 0 Å². The van der Waals surface area contributed by atoms with Crippen molar-refractivity contribution in [3.05, 3.63) is 203 Å². The van der Waals surface area contributed by atoms with E-state index in [9.17, 15) is 20.1 Å². The van der Waals surface area contributed by atoms with Gasteiger partial charge in [-0.1, -0.05) is 136 Å². The summed E-state index contributed by atoms with van der Waals surface area (Å²) in [5.41, 5.74) is 6.62. The smallest absolute Gasteiger partial charge is 0.161 e. The zero-order chi connectivity index (χ0) is 49.6. The third-order valence-corrected chi connectivity index (χ3v) is 9.23. The van der Waals surface area contributed by atoms with Crippen molar-refractivity contribution in [2.75, 3.05) is 14.2 Å². The second-order valence-electron chi connectivity index (χ2n) is 15.3. The van der Waals surface area contributed by atoms with Gasteiger partial charge < -0.3 is 45.2 Å². The molecule has 0 aliphatic rings. The number of carbonyl (C=O) groups is 1. The van der Waals surface area contributed by atoms with Crippen LogP contribution in [0.1, 0.15) is 90.2 Å². The van der Waals surface area contributed by atoms with Crippen LogP contribution < -0.4 is 9.47 Å². The normalized spacial score (nSPS) is 9.59. The van der Waals surface area contributed by atoms with Crippen LogP contribution in [0.3, 0.4) is 0 Å². The molecule has 0 heterocycles. The van der Waals surface area contributed by atoms with Crippen molar-refractivity contribution in [2.45, 2.75) is 73.8 Å². The Hall–Kier alpha value is -7.43. The zero-order valence-corrected chi connectivity index (χ0v) is 39.8. The zero-order valence-electron chi connectivity index (χ0n) is 39.8. The average Bonchev–Trinajstić information content (AvgIpc) is 3.30. The molecule has 0 aromatic heterocycles. The number of benzene rings is 7. The molecule has 0 amide bonds. The fourth-order valence-corrected chi connectivity index (χ4v) is 5.33. The maximum absolute atomic E-state index is 10.9. The Morgan fingerprint density at radius 1 is 0.500 bits per heavy atom. The third kappa shape index (κ3) is 22.8. The third-order valence-electron chi connectivity index (χ3n) is 9.23. The fourth-order valence-electron chi connectivity index (χ4n) is 5.33. The lowest BCUT2D eigenvalue weighted by Gasteiger charge is -2.07. The molecule has 7 aromatic carbocycles. The van der Waals surface area contributed by atoms with Crippen LogP contribution in [0.25, 0.3) is 0 Å². The molecule has 10 nitrogen and oxygen atoms in total. The second-order valence-corrected chi connectivity index (χ2v) is 15.3. The predicted octanol–water partition coefficient (Wildman–Crippen LogP) is 12.9. The average molecular weight is 901 g/mol. The summed E-state index contributed by atoms with van der Waals surface area (Å²) in [6, 6.07) is 48.8. The summed E-state index contributed by atoms with van der Waals surface area (Å²) < 4.78 is 9.63. The summed E-state index contributed by atoms with van der Waals surface area (Å²) in [5.74, 6) is 3.33. The molecule has 0 radical (unpaired) electrons. The number of aliphatic hydroxyl groups is 1. The van der Waals surface area contributed by atoms with Gasteiger partial charge in [-0.3, -0.25) is 4.79 Å². The van der Waals surface area contributed by atoms with E-state index in [1.165, 1.54) is 44.4 Å². The van der Waals surface area contributed by atoms with Gasteiger partial charge in [0.15, 0.2) is 28.8 Å². The minimum atomic E-state index is -0.104. The van der Waals surface area contributed by atoms with Crippen LogP contribution in [0.4, 0.5) is 0 Å². The highest BCUT2D eigenvalue weighted by atomic mass is 16.5. The lowest BCUT2D eigenvalue weighted by atomic mass is 10.0. The van der Waals surface area contributed by atoms with E-state index in [-0.39, 0.29) is 29.6 Å². The van der Waals surface area contributed by atoms with E-state index in [0.29, 0.717) is 51.7 Å². The van der Waals surface area contributed by atoms with E-state index in [0.717, 1.165) is 16.7 Å². The van der Waals surface area contributed by atoms with E-state index >= 15 is 0 Å². The van der Waals surface area contributed by atoms with Gasteiger partial charge in [0, 0.05) is 11.1 Å². The molecule has 0 aliphatic carbocycles. The molecular formula is C56H68O10. The van der Waals surface area contributed by atoms with E-state index in [2.05, 4.69) is 52.0 Å². The molecule has 0 saturated heterocycles. The summed E-state index contributed by atoms with van der Waals surface area (Å²) in [5, 5.41) is 62.9. The number of aliphatic hydroxyl groups excluding tert-OH is 1. The summed E-state index contributed by atoms with van der Waals surface area (Å²) in [6.07, 6.45) is 0. The Morgan fingerprint density at radius 2 is 1.02 bits per heavy atom. The maximum atomic E-state index is 10.9. The number of rotatable bonds is 6. The Bertz CT molecular complexity index is 2370. The first-order valence-corrected chi connectivity index (χ1v) is 21.3. The van der Waals surface area contributed by atoms with Crippen molar-refractivity contribution < 1.29 is 50.0 Å². The molecule has 7 N–H and O–H groups in total. The Kier molecular flexibility index (Phi) is 26.9. The first-order chi connectivity index (χ1) is 31.3. The van der Waals surface area contributed by atoms with Crippen molar-refractivity contribution in [3.8, 4) is 46.0 Å². The number of ketones is 1. The second kappa shape index (κ2) is 31.4. The highest BCUT2D eigenvalue weighted by Gasteiger charge is 2.06. The molecule has 0 spiro atoms. The molecular weight excluding hydrogens is 833 g/mol. The topological polar surface area (TPSA) is 177 Å². The van der Waals surface area contributed by atoms with Crippen molar-refractivity contribution in [1.82, 2.24) is 0 Å². The molecule has 0 fully saturated rings. The van der Waals surface area contributed by atoms with E-state index in [1.54, 1.807) is 97.9 Å². The molecule has 0 unspecified atom stereocenters. The molecule has 66 heavy (non-hydrogen) atoms. The minimum Gasteiger partial charge on any atom is -0.508 e. The van der Waals surface area contributed by atoms with Crippen LogP contribution >= 0.6 is 0 Å². The highest BCUT2D eigenvalue weighted by molar-refractivity contribution is 5.94. The number of ether oxygens (including phenoxy) is 2. The number of carbonyl (C=O) groups excluding carboxylic acids is 1. The molecule has 352 valence electrons. The SMILES string of the molecule is CC(C)c1ccccc1.COc1cc(C(C)=O)ccc1O.COc1ccccc1O.Cc1ccc(C(C)C)c(O)c1.Cc1ccc(O)cc1.Cc1cccc(CO)c1O.Oc1ccccc1. The van der Waals surface area contributed by atoms with E-state index in [4.69, 9.17) is 29.9 Å². The van der Waals surface area contributed by atoms with Crippen molar-refractivity contribution in [2.24, 2.45) is 0 Å². The monoisotopic (exact) mass is 900 g/mol. The first kappa shape index (κ1) is 56.6. The van der Waals surface area contributed by atoms with Gasteiger partial charge in [0.25, 0.3) is 0 Å². The number of aromatic hydroxyl groups is 6. The van der Waals surface area contributed by atoms with Crippen LogP contribution in [0, 0.1) is 20.8 Å². The summed E-state index contributed by atoms with van der Waals surface area (Å²) in [7, 11) is 2.97. The number of methoxy groups -OCH3 is 2. The molecule has 0 aliphatic heterocycles. The number of hydrogen-bond acceptors (Lipinski definition) is 10. The van der Waals surface area contributed by atoms with Crippen LogP contribution in [0.15, 0.2) is 164 Å². The number of aryl methyl sites for hydroxylation is 3. The first-order valence-electron chi connectivity index (χ1n) is 21.3. The molecule has 10 heteroatoms. The minimum absolute atomic E-state index is 0.0440. The Morgan fingerprint density at radius 3 is 1.42 bits per heavy atom. The maximum Gasteiger partial charge on any atom is 0.161 e. The largest absolute Gasteiger partial charge is 0.508 e. The van der Waals surface area contributed by atoms with Crippen molar-refractivity contribution >= 4 is 5.78 Å². The predicted molar refractivity (Wildman–Crippen MR) is 267 cm³/mol. The highest BCUT2D eigenvalue weighted by Crippen LogP contribution is 2.27. The molecule has 7 aromatic rings. The van der Waals surface area contributed by atoms with E-state index < -0.39 is 0 Å². The van der Waals surface area contributed by atoms with Gasteiger partial charge in [-0.05, 0) is 122 Å². The fraction of sp³-hybridized carbons (Fsp3) is 0.232. The lowest BCUT2D eigenvalue weighted by Crippen LogP contribution is -1.92. The van der Waals surface area contributed by atoms with Crippen LogP contribution in [0.2, 0.25) is 0 Å². The summed E-state index contributed by atoms with van der Waals surface area (Å²) in [6.45, 7) is 15.7. The summed E-state index contributed by atoms with van der Waals surface area (Å²) in [4.78, 5) is 10.9. The molecule has 0 saturated carbocycles. The standard InChI is InChI=1S/C10H14O.C9H10O3.C9H12.C8H10O2.C7H8O2.C7H8O.C6H6O/c1-7(2)9-5-4-8(3)6-10(9)11;1-6(10)7-3-4-8(11)9(5-7)12-2;1-8(2)9-6-4-3-5-7-9;1-6-3-2-4-7(5-9)8(6)10;1-9-7-5-3-2-4-6(7)8;1-6-2-4-7(8)5-3-6;7-6-4-2-1-3-5-6/h4-7,11H,1-3H3;3-5,11H,1-2H3;3-8H,1-2H3;2-4,9-10H,5H2,1H3;2-5,8H,1H3;2-5,8H,1H3;1-5,7H.